The predicted octanol–water partition coefficient (Wildman–Crippen LogP) is 0.603. The number of rotatable bonds is 3. The molecule has 3 nitrogen and oxygen atoms in total. The molecule has 0 bridgehead atoms. The zero-order valence-corrected chi connectivity index (χ0v) is 6.72. The zero-order valence-electron chi connectivity index (χ0n) is 6.72. The van der Waals surface area contributed by atoms with Gasteiger partial charge in [-0.05, 0) is 12.8 Å². The zero-order chi connectivity index (χ0) is 8.04. The molecule has 0 atom stereocenters. The topological polar surface area (TPSA) is 27.7 Å². The third-order valence-corrected chi connectivity index (χ3v) is 1.08. The first kappa shape index (κ1) is 9.44. The summed E-state index contributed by atoms with van der Waals surface area (Å²) in [6, 6.07) is 0. The molecule has 0 N–H and O–H groups in total. The maximum Gasteiger partial charge on any atom is 0.352 e. The van der Waals surface area contributed by atoms with Crippen LogP contribution in [-0.2, 0) is 14.2 Å². The second-order valence-electron chi connectivity index (χ2n) is 1.54. The lowest BCUT2D eigenvalue weighted by Crippen LogP contribution is -2.33. The van der Waals surface area contributed by atoms with E-state index in [1.165, 1.54) is 21.3 Å². The van der Waals surface area contributed by atoms with Crippen LogP contribution in [0.5, 0.6) is 0 Å². The van der Waals surface area contributed by atoms with Gasteiger partial charge < -0.3 is 14.2 Å². The molecule has 0 aliphatic carbocycles. The van der Waals surface area contributed by atoms with E-state index in [0.717, 1.165) is 0 Å². The Morgan fingerprint density at radius 2 is 1.40 bits per heavy atom. The molecule has 0 fully saturated rings. The van der Waals surface area contributed by atoms with Crippen molar-refractivity contribution in [3.63, 3.8) is 0 Å². The summed E-state index contributed by atoms with van der Waals surface area (Å²) in [6.07, 6.45) is 0. The summed E-state index contributed by atoms with van der Waals surface area (Å²) >= 11 is 0. The highest BCUT2D eigenvalue weighted by atomic mass is 16.9. The van der Waals surface area contributed by atoms with Crippen LogP contribution in [-0.4, -0.2) is 27.3 Å². The molecule has 0 radical (unpaired) electrons. The van der Waals surface area contributed by atoms with Crippen molar-refractivity contribution in [1.82, 2.24) is 0 Å². The van der Waals surface area contributed by atoms with Crippen molar-refractivity contribution in [2.45, 2.75) is 12.9 Å². The maximum absolute atomic E-state index is 4.86. The van der Waals surface area contributed by atoms with Crippen LogP contribution in [0.2, 0.25) is 0 Å². The van der Waals surface area contributed by atoms with Crippen LogP contribution in [0.3, 0.4) is 0 Å². The van der Waals surface area contributed by atoms with Crippen molar-refractivity contribution in [2.75, 3.05) is 21.3 Å². The van der Waals surface area contributed by atoms with Crippen LogP contribution < -0.4 is 0 Å². The van der Waals surface area contributed by atoms with E-state index in [9.17, 15) is 0 Å². The minimum atomic E-state index is -1.19. The summed E-state index contributed by atoms with van der Waals surface area (Å²) in [5.74, 6) is 4.08. The Morgan fingerprint density at radius 3 is 1.50 bits per heavy atom. The molecule has 58 valence electrons. The summed E-state index contributed by atoms with van der Waals surface area (Å²) in [5, 5.41) is 0. The molecular weight excluding hydrogens is 132 g/mol. The highest BCUT2D eigenvalue weighted by Crippen LogP contribution is 2.09. The van der Waals surface area contributed by atoms with Crippen molar-refractivity contribution in [3.05, 3.63) is 0 Å². The van der Waals surface area contributed by atoms with E-state index in [1.54, 1.807) is 6.92 Å². The smallest absolute Gasteiger partial charge is 0.320 e. The molecule has 0 amide bonds. The second kappa shape index (κ2) is 4.29. The molecule has 3 heteroatoms. The SMILES string of the molecule is CC#CC(OC)(OC)OC. The molecule has 0 aliphatic rings. The molecule has 0 heterocycles. The van der Waals surface area contributed by atoms with E-state index >= 15 is 0 Å². The van der Waals surface area contributed by atoms with Crippen LogP contribution in [0, 0.1) is 11.8 Å². The fourth-order valence-corrected chi connectivity index (χ4v) is 0.556. The fraction of sp³-hybridized carbons (Fsp3) is 0.714. The summed E-state index contributed by atoms with van der Waals surface area (Å²) in [6.45, 7) is 1.69. The van der Waals surface area contributed by atoms with E-state index < -0.39 is 5.97 Å². The average molecular weight is 144 g/mol. The van der Waals surface area contributed by atoms with E-state index in [-0.39, 0.29) is 0 Å². The first-order valence-corrected chi connectivity index (χ1v) is 2.84. The molecule has 0 saturated heterocycles. The van der Waals surface area contributed by atoms with Gasteiger partial charge in [0.2, 0.25) is 0 Å². The standard InChI is InChI=1S/C7H12O3/c1-5-6-7(8-2,9-3)10-4/h1-4H3. The number of methoxy groups -OCH3 is 3. The Labute approximate surface area is 61.3 Å². The lowest BCUT2D eigenvalue weighted by atomic mass is 10.5. The molecule has 0 unspecified atom stereocenters. The first-order valence-electron chi connectivity index (χ1n) is 2.84. The molecular formula is C7H12O3. The first-order chi connectivity index (χ1) is 4.74. The Kier molecular flexibility index (Phi) is 4.05. The van der Waals surface area contributed by atoms with Crippen molar-refractivity contribution in [1.29, 1.82) is 0 Å². The lowest BCUT2D eigenvalue weighted by molar-refractivity contribution is -0.311. The molecule has 0 aliphatic heterocycles. The van der Waals surface area contributed by atoms with Gasteiger partial charge in [-0.2, -0.15) is 0 Å². The second-order valence-corrected chi connectivity index (χ2v) is 1.54. The van der Waals surface area contributed by atoms with Crippen LogP contribution in [0.25, 0.3) is 0 Å². The molecule has 0 aromatic rings. The van der Waals surface area contributed by atoms with Gasteiger partial charge in [0, 0.05) is 21.3 Å². The Balaban J connectivity index is 4.25. The van der Waals surface area contributed by atoms with Gasteiger partial charge in [-0.1, -0.05) is 5.92 Å². The van der Waals surface area contributed by atoms with Gasteiger partial charge in [0.1, 0.15) is 0 Å². The van der Waals surface area contributed by atoms with E-state index in [4.69, 9.17) is 14.2 Å². The highest BCUT2D eigenvalue weighted by Gasteiger charge is 2.25. The minimum absolute atomic E-state index is 1.19. The van der Waals surface area contributed by atoms with Gasteiger partial charge in [0.05, 0.1) is 0 Å². The maximum atomic E-state index is 4.86. The van der Waals surface area contributed by atoms with Gasteiger partial charge in [0.25, 0.3) is 0 Å². The number of hydrogen-bond donors (Lipinski definition) is 0. The lowest BCUT2D eigenvalue weighted by Gasteiger charge is -2.21. The summed E-state index contributed by atoms with van der Waals surface area (Å²) in [7, 11) is 4.41. The molecule has 0 saturated carbocycles. The molecule has 0 aromatic carbocycles. The van der Waals surface area contributed by atoms with Gasteiger partial charge in [0.15, 0.2) is 0 Å². The average Bonchev–Trinajstić information content (AvgIpc) is 2.01. The Morgan fingerprint density at radius 1 is 1.00 bits per heavy atom. The summed E-state index contributed by atoms with van der Waals surface area (Å²) in [4.78, 5) is 0. The summed E-state index contributed by atoms with van der Waals surface area (Å²) in [5.41, 5.74) is 0. The van der Waals surface area contributed by atoms with E-state index in [0.29, 0.717) is 0 Å². The van der Waals surface area contributed by atoms with E-state index in [2.05, 4.69) is 11.8 Å². The number of ether oxygens (including phenoxy) is 3. The fourth-order valence-electron chi connectivity index (χ4n) is 0.556. The summed E-state index contributed by atoms with van der Waals surface area (Å²) < 4.78 is 14.6. The van der Waals surface area contributed by atoms with Gasteiger partial charge in [-0.25, -0.2) is 0 Å². The molecule has 0 spiro atoms. The van der Waals surface area contributed by atoms with Crippen LogP contribution >= 0.6 is 0 Å². The van der Waals surface area contributed by atoms with Crippen molar-refractivity contribution >= 4 is 0 Å². The third kappa shape index (κ3) is 1.99. The third-order valence-electron chi connectivity index (χ3n) is 1.08. The Bertz CT molecular complexity index is 130. The largest absolute Gasteiger partial charge is 0.352 e. The monoisotopic (exact) mass is 144 g/mol. The van der Waals surface area contributed by atoms with Crippen LogP contribution in [0.15, 0.2) is 0 Å². The normalized spacial score (nSPS) is 10.4. The number of hydrogen-bond acceptors (Lipinski definition) is 3. The van der Waals surface area contributed by atoms with Gasteiger partial charge >= 0.3 is 5.97 Å². The highest BCUT2D eigenvalue weighted by molar-refractivity contribution is 5.03. The quantitative estimate of drug-likeness (QED) is 0.429. The van der Waals surface area contributed by atoms with Crippen LogP contribution in [0.4, 0.5) is 0 Å². The van der Waals surface area contributed by atoms with Gasteiger partial charge in [-0.3, -0.25) is 0 Å². The molecule has 0 aromatic heterocycles. The van der Waals surface area contributed by atoms with Crippen molar-refractivity contribution in [3.8, 4) is 11.8 Å². The van der Waals surface area contributed by atoms with Crippen molar-refractivity contribution in [2.24, 2.45) is 0 Å². The van der Waals surface area contributed by atoms with Gasteiger partial charge in [-0.15, -0.1) is 0 Å². The predicted molar refractivity (Wildman–Crippen MR) is 37.2 cm³/mol. The minimum Gasteiger partial charge on any atom is -0.320 e. The van der Waals surface area contributed by atoms with Crippen molar-refractivity contribution < 1.29 is 14.2 Å². The Hall–Kier alpha value is -0.560. The van der Waals surface area contributed by atoms with E-state index in [1.807, 2.05) is 0 Å². The molecule has 10 heavy (non-hydrogen) atoms. The molecule has 0 rings (SSSR count). The van der Waals surface area contributed by atoms with Crippen LogP contribution in [0.1, 0.15) is 6.92 Å².